The number of aryl methyl sites for hydroxylation is 2. The van der Waals surface area contributed by atoms with Crippen LogP contribution in [0.3, 0.4) is 0 Å². The molecule has 6 aromatic carbocycles. The Morgan fingerprint density at radius 1 is 0.489 bits per heavy atom. The second-order valence-corrected chi connectivity index (χ2v) is 10.5. The summed E-state index contributed by atoms with van der Waals surface area (Å²) in [5.74, 6) is 0. The molecule has 45 heavy (non-hydrogen) atoms. The van der Waals surface area contributed by atoms with Gasteiger partial charge in [0.15, 0.2) is 0 Å². The molecule has 0 aliphatic rings. The second kappa shape index (κ2) is 24.0. The SMILES string of the molecule is CCCCCC.CCc1cc2c(-c3ccccc3)cccc2[cH-]1.CCc1cc2c(-c3ccccc3)cccc2[cH-]1.Cl.Cl.[CH3-].[Si].[Zr+3]. The van der Waals surface area contributed by atoms with Crippen LogP contribution in [0.1, 0.15) is 64.5 Å². The number of hydrogen-bond donors (Lipinski definition) is 0. The first kappa shape index (κ1) is 44.9. The van der Waals surface area contributed by atoms with Crippen molar-refractivity contribution in [2.45, 2.75) is 66.2 Å². The quantitative estimate of drug-likeness (QED) is 0.0871. The average molecular weight is 732 g/mol. The van der Waals surface area contributed by atoms with Gasteiger partial charge in [-0.1, -0.05) is 137 Å². The molecule has 0 nitrogen and oxygen atoms in total. The molecule has 0 aliphatic heterocycles. The molecule has 235 valence electrons. The Hall–Kier alpha value is -2.22. The summed E-state index contributed by atoms with van der Waals surface area (Å²) in [6.45, 7) is 8.87. The Balaban J connectivity index is 0. The van der Waals surface area contributed by atoms with Crippen molar-refractivity contribution in [3.8, 4) is 22.3 Å². The fourth-order valence-electron chi connectivity index (χ4n) is 5.24. The van der Waals surface area contributed by atoms with E-state index in [0.29, 0.717) is 0 Å². The molecule has 0 spiro atoms. The van der Waals surface area contributed by atoms with E-state index in [1.54, 1.807) is 0 Å². The molecule has 0 aliphatic carbocycles. The molecule has 6 rings (SSSR count). The van der Waals surface area contributed by atoms with Gasteiger partial charge in [0.1, 0.15) is 0 Å². The van der Waals surface area contributed by atoms with Crippen LogP contribution in [0.5, 0.6) is 0 Å². The molecule has 0 amide bonds. The molecule has 0 heterocycles. The first-order valence-corrected chi connectivity index (χ1v) is 15.2. The van der Waals surface area contributed by atoms with Crippen molar-refractivity contribution in [3.05, 3.63) is 140 Å². The fourth-order valence-corrected chi connectivity index (χ4v) is 5.24. The normalized spacial score (nSPS) is 9.42. The number of hydrogen-bond acceptors (Lipinski definition) is 0. The van der Waals surface area contributed by atoms with Crippen molar-refractivity contribution in [2.75, 3.05) is 0 Å². The van der Waals surface area contributed by atoms with Gasteiger partial charge in [0.05, 0.1) is 0 Å². The van der Waals surface area contributed by atoms with Gasteiger partial charge in [-0.25, -0.2) is 0 Å². The van der Waals surface area contributed by atoms with Gasteiger partial charge in [0.25, 0.3) is 0 Å². The van der Waals surface area contributed by atoms with Crippen LogP contribution in [0, 0.1) is 7.43 Å². The van der Waals surface area contributed by atoms with Crippen LogP contribution >= 0.6 is 24.8 Å². The summed E-state index contributed by atoms with van der Waals surface area (Å²) in [5, 5.41) is 5.44. The molecule has 5 radical (unpaired) electrons. The number of halogens is 2. The van der Waals surface area contributed by atoms with Crippen LogP contribution in [0.4, 0.5) is 0 Å². The van der Waals surface area contributed by atoms with Gasteiger partial charge in [-0.05, 0) is 24.0 Å². The third kappa shape index (κ3) is 12.5. The van der Waals surface area contributed by atoms with E-state index in [1.807, 2.05) is 0 Å². The van der Waals surface area contributed by atoms with Crippen LogP contribution in [0.2, 0.25) is 0 Å². The van der Waals surface area contributed by atoms with Crippen molar-refractivity contribution in [3.63, 3.8) is 0 Å². The van der Waals surface area contributed by atoms with Gasteiger partial charge < -0.3 is 7.43 Å². The standard InChI is InChI=1S/2C17H15.C6H14.CH3.2ClH.Si.Zr/c2*1-2-13-11-15-9-6-10-16(17(15)12-13)14-7-4-3-5-8-14;1-3-5-6-4-2;;;;;/h2*3-12H,2H2,1H3;3-6H2,1-2H3;1H3;2*1H;;/q2*-1;;-1;;;;+3. The number of fused-ring (bicyclic) bond motifs is 2. The Morgan fingerprint density at radius 2 is 0.844 bits per heavy atom. The van der Waals surface area contributed by atoms with E-state index in [4.69, 9.17) is 0 Å². The molecule has 0 atom stereocenters. The van der Waals surface area contributed by atoms with Crippen LogP contribution < -0.4 is 0 Å². The summed E-state index contributed by atoms with van der Waals surface area (Å²) in [4.78, 5) is 0. The third-order valence-electron chi connectivity index (χ3n) is 7.56. The maximum atomic E-state index is 2.32. The van der Waals surface area contributed by atoms with Gasteiger partial charge in [-0.3, -0.25) is 0 Å². The molecule has 0 saturated carbocycles. The third-order valence-corrected chi connectivity index (χ3v) is 7.56. The molecule has 6 aromatic rings. The smallest absolute Gasteiger partial charge is 0.358 e. The van der Waals surface area contributed by atoms with E-state index in [1.165, 1.54) is 80.6 Å². The van der Waals surface area contributed by atoms with E-state index < -0.39 is 0 Å². The minimum absolute atomic E-state index is 0. The minimum atomic E-state index is 0. The summed E-state index contributed by atoms with van der Waals surface area (Å²) >= 11 is 0. The average Bonchev–Trinajstić information content (AvgIpc) is 3.65. The minimum Gasteiger partial charge on any atom is -0.358 e. The number of benzene rings is 4. The molecule has 0 N–H and O–H groups in total. The predicted octanol–water partition coefficient (Wildman–Crippen LogP) is 13.1. The van der Waals surface area contributed by atoms with Crippen molar-refractivity contribution < 1.29 is 26.2 Å². The van der Waals surface area contributed by atoms with E-state index in [0.717, 1.165) is 12.8 Å². The van der Waals surface area contributed by atoms with E-state index in [2.05, 4.69) is 149 Å². The van der Waals surface area contributed by atoms with E-state index in [9.17, 15) is 0 Å². The summed E-state index contributed by atoms with van der Waals surface area (Å²) in [6.07, 6.45) is 7.74. The van der Waals surface area contributed by atoms with Gasteiger partial charge in [0.2, 0.25) is 0 Å². The Bertz CT molecular complexity index is 1460. The zero-order valence-electron chi connectivity index (χ0n) is 27.6. The molecule has 0 fully saturated rings. The molecule has 0 unspecified atom stereocenters. The molecular formula is C41H49Cl2SiZr. The zero-order chi connectivity index (χ0) is 28.2. The topological polar surface area (TPSA) is 0 Å². The monoisotopic (exact) mass is 729 g/mol. The second-order valence-electron chi connectivity index (χ2n) is 10.5. The van der Waals surface area contributed by atoms with Gasteiger partial charge in [-0.15, -0.1) is 93.9 Å². The van der Waals surface area contributed by atoms with Crippen molar-refractivity contribution in [1.29, 1.82) is 0 Å². The van der Waals surface area contributed by atoms with Crippen LogP contribution in [-0.2, 0) is 39.0 Å². The predicted molar refractivity (Wildman–Crippen MR) is 205 cm³/mol. The molecule has 0 aromatic heterocycles. The fraction of sp³-hybridized carbons (Fsp3) is 0.244. The maximum absolute atomic E-state index is 2.32. The molecular weight excluding hydrogens is 683 g/mol. The molecule has 4 heteroatoms. The summed E-state index contributed by atoms with van der Waals surface area (Å²) in [7, 11) is 0. The summed E-state index contributed by atoms with van der Waals surface area (Å²) in [5.41, 5.74) is 8.11. The van der Waals surface area contributed by atoms with Crippen LogP contribution in [0.25, 0.3) is 43.8 Å². The molecule has 0 saturated heterocycles. The Kier molecular flexibility index (Phi) is 24.0. The van der Waals surface area contributed by atoms with Crippen LogP contribution in [-0.4, -0.2) is 11.0 Å². The molecule has 0 bridgehead atoms. The van der Waals surface area contributed by atoms with Gasteiger partial charge in [0, 0.05) is 11.0 Å². The summed E-state index contributed by atoms with van der Waals surface area (Å²) in [6, 6.07) is 43.5. The number of rotatable bonds is 7. The number of unbranched alkanes of at least 4 members (excludes halogenated alkanes) is 3. The maximum Gasteiger partial charge on any atom is 3.00 e. The first-order chi connectivity index (χ1) is 19.7. The van der Waals surface area contributed by atoms with E-state index in [-0.39, 0.29) is 69.4 Å². The van der Waals surface area contributed by atoms with Crippen molar-refractivity contribution in [2.24, 2.45) is 0 Å². The Labute approximate surface area is 309 Å². The van der Waals surface area contributed by atoms with E-state index >= 15 is 0 Å². The van der Waals surface area contributed by atoms with Crippen molar-refractivity contribution in [1.82, 2.24) is 0 Å². The van der Waals surface area contributed by atoms with Gasteiger partial charge >= 0.3 is 26.2 Å². The largest absolute Gasteiger partial charge is 3.00 e. The Morgan fingerprint density at radius 3 is 1.16 bits per heavy atom. The van der Waals surface area contributed by atoms with Crippen LogP contribution in [0.15, 0.2) is 121 Å². The first-order valence-electron chi connectivity index (χ1n) is 15.2. The summed E-state index contributed by atoms with van der Waals surface area (Å²) < 4.78 is 0. The van der Waals surface area contributed by atoms with Gasteiger partial charge in [-0.2, -0.15) is 12.1 Å². The zero-order valence-corrected chi connectivity index (χ0v) is 32.7. The van der Waals surface area contributed by atoms with Crippen molar-refractivity contribution >= 4 is 57.3 Å².